The first-order chi connectivity index (χ1) is 14.3. The van der Waals surface area contributed by atoms with Gasteiger partial charge in [0.25, 0.3) is 0 Å². The molecule has 0 heterocycles. The minimum atomic E-state index is -0.131. The fourth-order valence-electron chi connectivity index (χ4n) is 11.3. The van der Waals surface area contributed by atoms with Crippen molar-refractivity contribution in [2.24, 2.45) is 56.7 Å². The zero-order valence-electron chi connectivity index (χ0n) is 21.6. The number of fused-ring (bicyclic) bond motifs is 7. The van der Waals surface area contributed by atoms with Gasteiger partial charge in [-0.1, -0.05) is 53.7 Å². The van der Waals surface area contributed by atoms with Crippen LogP contribution in [0.2, 0.25) is 0 Å². The Morgan fingerprint density at radius 3 is 2.19 bits per heavy atom. The second-order valence-electron chi connectivity index (χ2n) is 14.5. The van der Waals surface area contributed by atoms with E-state index in [-0.39, 0.29) is 5.41 Å². The Kier molecular flexibility index (Phi) is 4.66. The monoisotopic (exact) mass is 424 g/mol. The lowest BCUT2D eigenvalue weighted by Gasteiger charge is -2.72. The van der Waals surface area contributed by atoms with Crippen LogP contribution in [0.5, 0.6) is 0 Å². The molecule has 5 aliphatic rings. The summed E-state index contributed by atoms with van der Waals surface area (Å²) in [6.07, 6.45) is 13.0. The van der Waals surface area contributed by atoms with E-state index in [1.165, 1.54) is 56.9 Å². The van der Waals surface area contributed by atoms with E-state index in [2.05, 4.69) is 55.0 Å². The van der Waals surface area contributed by atoms with Crippen LogP contribution in [-0.4, -0.2) is 5.78 Å². The number of hydrogen-bond donors (Lipinski definition) is 0. The van der Waals surface area contributed by atoms with Crippen LogP contribution >= 0.6 is 0 Å². The van der Waals surface area contributed by atoms with Crippen LogP contribution in [0.25, 0.3) is 0 Å². The highest BCUT2D eigenvalue weighted by atomic mass is 16.1. The van der Waals surface area contributed by atoms with Crippen molar-refractivity contribution in [3.63, 3.8) is 0 Å². The number of rotatable bonds is 1. The Morgan fingerprint density at radius 2 is 1.52 bits per heavy atom. The van der Waals surface area contributed by atoms with Gasteiger partial charge in [-0.25, -0.2) is 0 Å². The number of allylic oxidation sites excluding steroid dienone is 1. The van der Waals surface area contributed by atoms with Crippen LogP contribution in [0.3, 0.4) is 0 Å². The predicted molar refractivity (Wildman–Crippen MR) is 130 cm³/mol. The van der Waals surface area contributed by atoms with Crippen molar-refractivity contribution in [3.8, 4) is 0 Å². The second kappa shape index (κ2) is 6.50. The lowest BCUT2D eigenvalue weighted by molar-refractivity contribution is -0.232. The highest BCUT2D eigenvalue weighted by molar-refractivity contribution is 5.85. The molecule has 0 unspecified atom stereocenters. The van der Waals surface area contributed by atoms with Crippen LogP contribution in [0.4, 0.5) is 0 Å². The lowest BCUT2D eigenvalue weighted by Crippen LogP contribution is -2.66. The van der Waals surface area contributed by atoms with Gasteiger partial charge in [0, 0.05) is 11.8 Å². The number of Topliss-reactive ketones (excluding diaryl/α,β-unsaturated/α-hetero) is 1. The number of ketones is 1. The molecule has 31 heavy (non-hydrogen) atoms. The van der Waals surface area contributed by atoms with Gasteiger partial charge >= 0.3 is 0 Å². The van der Waals surface area contributed by atoms with E-state index in [0.29, 0.717) is 33.4 Å². The molecule has 174 valence electrons. The summed E-state index contributed by atoms with van der Waals surface area (Å²) >= 11 is 0. The largest absolute Gasteiger partial charge is 0.299 e. The van der Waals surface area contributed by atoms with Crippen molar-refractivity contribution in [2.45, 2.75) is 113 Å². The van der Waals surface area contributed by atoms with Crippen LogP contribution in [0.1, 0.15) is 113 Å². The lowest BCUT2D eigenvalue weighted by atomic mass is 9.32. The van der Waals surface area contributed by atoms with E-state index < -0.39 is 0 Å². The summed E-state index contributed by atoms with van der Waals surface area (Å²) in [5, 5.41) is 0. The van der Waals surface area contributed by atoms with E-state index in [1.54, 1.807) is 0 Å². The van der Waals surface area contributed by atoms with E-state index in [0.717, 1.165) is 36.5 Å². The normalized spacial score (nSPS) is 55.6. The van der Waals surface area contributed by atoms with E-state index in [9.17, 15) is 4.79 Å². The van der Waals surface area contributed by atoms with Crippen molar-refractivity contribution in [3.05, 3.63) is 12.2 Å². The van der Waals surface area contributed by atoms with E-state index in [4.69, 9.17) is 0 Å². The first-order valence-corrected chi connectivity index (χ1v) is 13.5. The summed E-state index contributed by atoms with van der Waals surface area (Å²) in [6.45, 7) is 22.0. The Morgan fingerprint density at radius 1 is 0.806 bits per heavy atom. The van der Waals surface area contributed by atoms with Crippen molar-refractivity contribution in [1.82, 2.24) is 0 Å². The number of carbonyl (C=O) groups excluding carboxylic acids is 1. The number of hydrogen-bond acceptors (Lipinski definition) is 1. The summed E-state index contributed by atoms with van der Waals surface area (Å²) in [6, 6.07) is 0. The minimum absolute atomic E-state index is 0.131. The van der Waals surface area contributed by atoms with Crippen LogP contribution < -0.4 is 0 Å². The van der Waals surface area contributed by atoms with Gasteiger partial charge in [-0.05, 0) is 116 Å². The molecule has 9 atom stereocenters. The third-order valence-corrected chi connectivity index (χ3v) is 13.2. The quantitative estimate of drug-likeness (QED) is 0.387. The average Bonchev–Trinajstić information content (AvgIpc) is 3.04. The van der Waals surface area contributed by atoms with Crippen LogP contribution in [0.15, 0.2) is 12.2 Å². The summed E-state index contributed by atoms with van der Waals surface area (Å²) in [4.78, 5) is 12.9. The van der Waals surface area contributed by atoms with Crippen molar-refractivity contribution >= 4 is 5.78 Å². The predicted octanol–water partition coefficient (Wildman–Crippen LogP) is 8.23. The van der Waals surface area contributed by atoms with Crippen molar-refractivity contribution < 1.29 is 4.79 Å². The Balaban J connectivity index is 1.55. The molecule has 0 aromatic heterocycles. The molecule has 5 aliphatic carbocycles. The average molecular weight is 425 g/mol. The van der Waals surface area contributed by atoms with Crippen molar-refractivity contribution in [2.75, 3.05) is 0 Å². The van der Waals surface area contributed by atoms with Gasteiger partial charge in [0.2, 0.25) is 0 Å². The molecule has 5 rings (SSSR count). The maximum atomic E-state index is 12.9. The van der Waals surface area contributed by atoms with Crippen LogP contribution in [0, 0.1) is 56.7 Å². The Bertz CT molecular complexity index is 807. The first kappa shape index (κ1) is 22.2. The van der Waals surface area contributed by atoms with Gasteiger partial charge in [-0.2, -0.15) is 0 Å². The topological polar surface area (TPSA) is 17.1 Å². The van der Waals surface area contributed by atoms with Gasteiger partial charge in [0.15, 0.2) is 0 Å². The SMILES string of the molecule is C=C(C)[C@@H]1CC[C@@]2(C)CC[C@@]3(C)[C@@H](CC[C@@H]4[C@]5(C)CCC(=O)C(C)(C)[C@@H]5CC[C@@]43C)[C@H]12. The van der Waals surface area contributed by atoms with Gasteiger partial charge < -0.3 is 0 Å². The summed E-state index contributed by atoms with van der Waals surface area (Å²) in [5.74, 6) is 4.33. The minimum Gasteiger partial charge on any atom is -0.299 e. The van der Waals surface area contributed by atoms with E-state index >= 15 is 0 Å². The van der Waals surface area contributed by atoms with Gasteiger partial charge in [-0.3, -0.25) is 4.79 Å². The van der Waals surface area contributed by atoms with E-state index in [1.807, 2.05) is 0 Å². The van der Waals surface area contributed by atoms with Crippen molar-refractivity contribution in [1.29, 1.82) is 0 Å². The zero-order chi connectivity index (χ0) is 22.6. The Labute approximate surface area is 192 Å². The molecule has 0 amide bonds. The molecule has 0 aromatic rings. The first-order valence-electron chi connectivity index (χ1n) is 13.5. The molecule has 0 spiro atoms. The van der Waals surface area contributed by atoms with Gasteiger partial charge in [0.1, 0.15) is 5.78 Å². The Hall–Kier alpha value is -0.590. The number of carbonyl (C=O) groups is 1. The molecule has 0 bridgehead atoms. The summed E-state index contributed by atoms with van der Waals surface area (Å²) < 4.78 is 0. The molecule has 1 heteroatoms. The van der Waals surface area contributed by atoms with Gasteiger partial charge in [0.05, 0.1) is 0 Å². The fourth-order valence-corrected chi connectivity index (χ4v) is 11.3. The molecule has 0 aliphatic heterocycles. The smallest absolute Gasteiger partial charge is 0.138 e. The van der Waals surface area contributed by atoms with Gasteiger partial charge in [-0.15, -0.1) is 0 Å². The molecular formula is C30H48O. The fraction of sp³-hybridized carbons (Fsp3) is 0.900. The maximum Gasteiger partial charge on any atom is 0.138 e. The molecule has 5 fully saturated rings. The molecule has 5 saturated carbocycles. The molecule has 1 nitrogen and oxygen atoms in total. The third-order valence-electron chi connectivity index (χ3n) is 13.2. The summed E-state index contributed by atoms with van der Waals surface area (Å²) in [5.41, 5.74) is 3.06. The second-order valence-corrected chi connectivity index (χ2v) is 14.5. The standard InChI is InChI=1S/C30H48O/c1-19(2)20-11-14-27(5)17-18-29(7)21(25(20)27)9-10-23-28(6)15-13-24(31)26(3,4)22(28)12-16-30(23,29)8/h20-23,25H,1,9-18H2,2-8H3/t20-,21-,22-,23+,25-,27-,28+,29-,30-/m0/s1. The molecule has 0 N–H and O–H groups in total. The maximum absolute atomic E-state index is 12.9. The molecule has 0 aromatic carbocycles. The summed E-state index contributed by atoms with van der Waals surface area (Å²) in [7, 11) is 0. The van der Waals surface area contributed by atoms with Crippen LogP contribution in [-0.2, 0) is 4.79 Å². The molecule has 0 radical (unpaired) electrons. The molecular weight excluding hydrogens is 376 g/mol. The highest BCUT2D eigenvalue weighted by Crippen LogP contribution is 2.77. The third kappa shape index (κ3) is 2.59. The zero-order valence-corrected chi connectivity index (χ0v) is 21.6. The highest BCUT2D eigenvalue weighted by Gasteiger charge is 2.70. The molecule has 0 saturated heterocycles.